The Morgan fingerprint density at radius 3 is 2.55 bits per heavy atom. The lowest BCUT2D eigenvalue weighted by molar-refractivity contribution is -0.491. The monoisotopic (exact) mass is 303 g/mol. The number of rotatable bonds is 7. The first-order chi connectivity index (χ1) is 10.6. The van der Waals surface area contributed by atoms with Gasteiger partial charge in [0.25, 0.3) is 0 Å². The third-order valence-corrected chi connectivity index (χ3v) is 3.13. The van der Waals surface area contributed by atoms with Gasteiger partial charge in [-0.1, -0.05) is 36.4 Å². The van der Waals surface area contributed by atoms with Crippen LogP contribution in [0.1, 0.15) is 17.2 Å². The molecule has 2 aromatic rings. The van der Waals surface area contributed by atoms with Gasteiger partial charge in [0.2, 0.25) is 6.54 Å². The maximum Gasteiger partial charge on any atom is 0.233 e. The predicted molar refractivity (Wildman–Crippen MR) is 80.6 cm³/mol. The van der Waals surface area contributed by atoms with Crippen LogP contribution >= 0.6 is 0 Å². The second-order valence-corrected chi connectivity index (χ2v) is 4.72. The van der Waals surface area contributed by atoms with Crippen LogP contribution in [-0.2, 0) is 6.61 Å². The molecule has 0 heterocycles. The van der Waals surface area contributed by atoms with Crippen molar-refractivity contribution >= 4 is 0 Å². The minimum atomic E-state index is -1.17. The van der Waals surface area contributed by atoms with Crippen LogP contribution in [0.3, 0.4) is 0 Å². The molecule has 1 N–H and O–H groups in total. The predicted octanol–water partition coefficient (Wildman–Crippen LogP) is 2.58. The first kappa shape index (κ1) is 15.8. The molecule has 0 aliphatic carbocycles. The second kappa shape index (κ2) is 7.42. The fourth-order valence-electron chi connectivity index (χ4n) is 1.99. The summed E-state index contributed by atoms with van der Waals surface area (Å²) < 4.78 is 10.9. The molecule has 0 saturated heterocycles. The van der Waals surface area contributed by atoms with E-state index in [1.165, 1.54) is 7.11 Å². The average Bonchev–Trinajstić information content (AvgIpc) is 2.53. The van der Waals surface area contributed by atoms with Crippen LogP contribution in [0.5, 0.6) is 11.5 Å². The van der Waals surface area contributed by atoms with Crippen molar-refractivity contribution in [3.63, 3.8) is 0 Å². The zero-order valence-electron chi connectivity index (χ0n) is 12.1. The van der Waals surface area contributed by atoms with Crippen molar-refractivity contribution in [2.45, 2.75) is 12.7 Å². The number of nitro groups is 1. The summed E-state index contributed by atoms with van der Waals surface area (Å²) in [4.78, 5) is 9.89. The van der Waals surface area contributed by atoms with Gasteiger partial charge >= 0.3 is 0 Å². The molecular formula is C16H17NO5. The smallest absolute Gasteiger partial charge is 0.233 e. The van der Waals surface area contributed by atoms with Gasteiger partial charge in [0.15, 0.2) is 11.5 Å². The van der Waals surface area contributed by atoms with Gasteiger partial charge in [-0.2, -0.15) is 0 Å². The molecule has 0 spiro atoms. The maximum atomic E-state index is 10.5. The van der Waals surface area contributed by atoms with Gasteiger partial charge in [0.1, 0.15) is 12.7 Å². The highest BCUT2D eigenvalue weighted by Crippen LogP contribution is 2.31. The molecule has 2 aromatic carbocycles. The van der Waals surface area contributed by atoms with E-state index in [1.807, 2.05) is 30.3 Å². The molecule has 0 aliphatic rings. The number of methoxy groups -OCH3 is 1. The minimum Gasteiger partial charge on any atom is -0.493 e. The van der Waals surface area contributed by atoms with Crippen LogP contribution in [0.25, 0.3) is 0 Å². The van der Waals surface area contributed by atoms with Crippen LogP contribution < -0.4 is 9.47 Å². The number of hydrogen-bond donors (Lipinski definition) is 1. The van der Waals surface area contributed by atoms with Gasteiger partial charge in [-0.25, -0.2) is 0 Å². The maximum absolute atomic E-state index is 10.5. The van der Waals surface area contributed by atoms with Crippen molar-refractivity contribution in [1.82, 2.24) is 0 Å². The molecular weight excluding hydrogens is 286 g/mol. The molecule has 1 atom stereocenters. The molecule has 116 valence electrons. The Balaban J connectivity index is 2.10. The molecule has 0 aromatic heterocycles. The van der Waals surface area contributed by atoms with E-state index in [9.17, 15) is 15.2 Å². The van der Waals surface area contributed by atoms with Crippen LogP contribution in [0.4, 0.5) is 0 Å². The van der Waals surface area contributed by atoms with Gasteiger partial charge in [-0.05, 0) is 23.3 Å². The lowest BCUT2D eigenvalue weighted by Gasteiger charge is -2.13. The van der Waals surface area contributed by atoms with E-state index in [4.69, 9.17) is 9.47 Å². The van der Waals surface area contributed by atoms with Crippen molar-refractivity contribution in [3.8, 4) is 11.5 Å². The molecule has 0 bridgehead atoms. The Hall–Kier alpha value is -2.60. The van der Waals surface area contributed by atoms with Gasteiger partial charge in [0, 0.05) is 4.92 Å². The van der Waals surface area contributed by atoms with Crippen molar-refractivity contribution in [2.75, 3.05) is 13.7 Å². The highest BCUT2D eigenvalue weighted by molar-refractivity contribution is 5.43. The topological polar surface area (TPSA) is 81.8 Å². The first-order valence-electron chi connectivity index (χ1n) is 6.74. The Kier molecular flexibility index (Phi) is 5.32. The SMILES string of the molecule is COc1cc(C(O)C[N+](=O)[O-])ccc1OCc1ccccc1. The molecule has 1 unspecified atom stereocenters. The van der Waals surface area contributed by atoms with Crippen LogP contribution in [0, 0.1) is 10.1 Å². The Morgan fingerprint density at radius 1 is 1.18 bits per heavy atom. The summed E-state index contributed by atoms with van der Waals surface area (Å²) in [5.74, 6) is 0.944. The fraction of sp³-hybridized carbons (Fsp3) is 0.250. The van der Waals surface area contributed by atoms with E-state index in [-0.39, 0.29) is 0 Å². The number of nitrogens with zero attached hydrogens (tertiary/aromatic N) is 1. The molecule has 0 radical (unpaired) electrons. The van der Waals surface area contributed by atoms with Crippen molar-refractivity contribution < 1.29 is 19.5 Å². The zero-order valence-corrected chi connectivity index (χ0v) is 12.1. The van der Waals surface area contributed by atoms with Crippen molar-refractivity contribution in [3.05, 3.63) is 69.8 Å². The van der Waals surface area contributed by atoms with E-state index in [2.05, 4.69) is 0 Å². The molecule has 2 rings (SSSR count). The first-order valence-corrected chi connectivity index (χ1v) is 6.74. The second-order valence-electron chi connectivity index (χ2n) is 4.72. The van der Waals surface area contributed by atoms with Gasteiger partial charge in [-0.15, -0.1) is 0 Å². The number of aliphatic hydroxyl groups excluding tert-OH is 1. The molecule has 0 saturated carbocycles. The molecule has 22 heavy (non-hydrogen) atoms. The van der Waals surface area contributed by atoms with Gasteiger partial charge in [0.05, 0.1) is 7.11 Å². The number of aliphatic hydroxyl groups is 1. The summed E-state index contributed by atoms with van der Waals surface area (Å²) in [5, 5.41) is 20.2. The normalized spacial score (nSPS) is 11.7. The van der Waals surface area contributed by atoms with Crippen molar-refractivity contribution in [1.29, 1.82) is 0 Å². The van der Waals surface area contributed by atoms with E-state index in [0.29, 0.717) is 23.7 Å². The van der Waals surface area contributed by atoms with E-state index in [1.54, 1.807) is 18.2 Å². The third kappa shape index (κ3) is 4.20. The summed E-state index contributed by atoms with van der Waals surface area (Å²) in [6, 6.07) is 14.4. The molecule has 0 fully saturated rings. The number of ether oxygens (including phenoxy) is 2. The lowest BCUT2D eigenvalue weighted by Crippen LogP contribution is -2.12. The summed E-state index contributed by atoms with van der Waals surface area (Å²) >= 11 is 0. The minimum absolute atomic E-state index is 0.383. The molecule has 6 heteroatoms. The highest BCUT2D eigenvalue weighted by Gasteiger charge is 2.16. The standard InChI is InChI=1S/C16H17NO5/c1-21-16-9-13(14(18)10-17(19)20)7-8-15(16)22-11-12-5-3-2-4-6-12/h2-9,14,18H,10-11H2,1H3. The third-order valence-electron chi connectivity index (χ3n) is 3.13. The van der Waals surface area contributed by atoms with Crippen LogP contribution in [-0.4, -0.2) is 23.7 Å². The summed E-state index contributed by atoms with van der Waals surface area (Å²) in [6.45, 7) is -0.165. The average molecular weight is 303 g/mol. The number of hydrogen-bond acceptors (Lipinski definition) is 5. The van der Waals surface area contributed by atoms with Crippen molar-refractivity contribution in [2.24, 2.45) is 0 Å². The lowest BCUT2D eigenvalue weighted by atomic mass is 10.1. The number of benzene rings is 2. The molecule has 0 amide bonds. The summed E-state index contributed by atoms with van der Waals surface area (Å²) in [5.41, 5.74) is 1.43. The van der Waals surface area contributed by atoms with Crippen LogP contribution in [0.2, 0.25) is 0 Å². The quantitative estimate of drug-likeness (QED) is 0.628. The van der Waals surface area contributed by atoms with E-state index >= 15 is 0 Å². The highest BCUT2D eigenvalue weighted by atomic mass is 16.6. The van der Waals surface area contributed by atoms with Gasteiger partial charge in [-0.3, -0.25) is 10.1 Å². The summed E-state index contributed by atoms with van der Waals surface area (Å²) in [6.07, 6.45) is -1.17. The Bertz CT molecular complexity index is 630. The van der Waals surface area contributed by atoms with Crippen LogP contribution in [0.15, 0.2) is 48.5 Å². The Morgan fingerprint density at radius 2 is 1.91 bits per heavy atom. The van der Waals surface area contributed by atoms with E-state index in [0.717, 1.165) is 5.56 Å². The molecule has 0 aliphatic heterocycles. The fourth-order valence-corrected chi connectivity index (χ4v) is 1.99. The van der Waals surface area contributed by atoms with Gasteiger partial charge < -0.3 is 14.6 Å². The van der Waals surface area contributed by atoms with E-state index < -0.39 is 17.6 Å². The largest absolute Gasteiger partial charge is 0.493 e. The summed E-state index contributed by atoms with van der Waals surface area (Å²) in [7, 11) is 1.48. The zero-order chi connectivity index (χ0) is 15.9. The molecule has 6 nitrogen and oxygen atoms in total. The Labute approximate surface area is 128 Å².